The fraction of sp³-hybridized carbons (Fsp3) is 0.429. The van der Waals surface area contributed by atoms with Gasteiger partial charge in [-0.15, -0.1) is 26.3 Å². The van der Waals surface area contributed by atoms with Crippen LogP contribution in [0.3, 0.4) is 0 Å². The number of para-hydroxylation sites is 1. The van der Waals surface area contributed by atoms with Crippen LogP contribution < -0.4 is 4.74 Å². The van der Waals surface area contributed by atoms with Crippen LogP contribution in [0.4, 0.5) is 32.0 Å². The van der Waals surface area contributed by atoms with Crippen molar-refractivity contribution in [2.24, 2.45) is 10.2 Å². The number of nitrogens with zero attached hydrogens (tertiary/aromatic N) is 3. The first-order chi connectivity index (χ1) is 15.9. The number of hydrogen-bond donors (Lipinski definition) is 1. The van der Waals surface area contributed by atoms with E-state index in [1.165, 1.54) is 41.3 Å². The average Bonchev–Trinajstić information content (AvgIpc) is 2.75. The summed E-state index contributed by atoms with van der Waals surface area (Å²) in [5, 5.41) is 18.4. The molecule has 1 heterocycles. The van der Waals surface area contributed by atoms with Crippen LogP contribution in [0.15, 0.2) is 52.7 Å². The largest absolute Gasteiger partial charge is 0.573 e. The van der Waals surface area contributed by atoms with Gasteiger partial charge >= 0.3 is 12.7 Å². The third-order valence-corrected chi connectivity index (χ3v) is 5.27. The van der Waals surface area contributed by atoms with Crippen LogP contribution in [-0.4, -0.2) is 48.3 Å². The molecule has 186 valence electrons. The van der Waals surface area contributed by atoms with Crippen molar-refractivity contribution in [2.75, 3.05) is 13.2 Å². The van der Waals surface area contributed by atoms with E-state index in [0.717, 1.165) is 12.5 Å². The van der Waals surface area contributed by atoms with Gasteiger partial charge in [0.15, 0.2) is 0 Å². The first-order valence-corrected chi connectivity index (χ1v) is 10.5. The highest BCUT2D eigenvalue weighted by atomic mass is 35.5. The minimum Gasteiger partial charge on any atom is -0.405 e. The van der Waals surface area contributed by atoms with Crippen molar-refractivity contribution in [1.82, 2.24) is 4.90 Å². The van der Waals surface area contributed by atoms with E-state index in [4.69, 9.17) is 11.6 Å². The summed E-state index contributed by atoms with van der Waals surface area (Å²) in [4.78, 5) is 1.36. The molecule has 0 radical (unpaired) electrons. The van der Waals surface area contributed by atoms with E-state index in [1.807, 2.05) is 0 Å². The number of aliphatic hydroxyl groups excluding tert-OH is 1. The summed E-state index contributed by atoms with van der Waals surface area (Å²) >= 11 is 6.28. The molecule has 0 amide bonds. The molecule has 34 heavy (non-hydrogen) atoms. The molecule has 13 heteroatoms. The van der Waals surface area contributed by atoms with E-state index in [-0.39, 0.29) is 21.8 Å². The number of likely N-dealkylation sites (tertiary alicyclic amines) is 1. The number of halogens is 7. The van der Waals surface area contributed by atoms with Crippen molar-refractivity contribution in [3.05, 3.63) is 47.5 Å². The lowest BCUT2D eigenvalue weighted by Crippen LogP contribution is -2.48. The average molecular weight is 512 g/mol. The summed E-state index contributed by atoms with van der Waals surface area (Å²) in [6, 6.07) is 9.84. The van der Waals surface area contributed by atoms with Crippen molar-refractivity contribution < 1.29 is 40.9 Å². The van der Waals surface area contributed by atoms with Crippen molar-refractivity contribution in [3.63, 3.8) is 0 Å². The van der Waals surface area contributed by atoms with Crippen LogP contribution in [0.2, 0.25) is 5.02 Å². The summed E-state index contributed by atoms with van der Waals surface area (Å²) in [7, 11) is 0. The number of ether oxygens (including phenoxy) is 2. The monoisotopic (exact) mass is 511 g/mol. The van der Waals surface area contributed by atoms with Gasteiger partial charge in [-0.05, 0) is 37.5 Å². The molecule has 2 aromatic carbocycles. The van der Waals surface area contributed by atoms with Gasteiger partial charge in [-0.3, -0.25) is 9.64 Å². The van der Waals surface area contributed by atoms with Crippen LogP contribution in [-0.2, 0) is 4.74 Å². The van der Waals surface area contributed by atoms with Crippen LogP contribution in [0.1, 0.15) is 19.3 Å². The van der Waals surface area contributed by atoms with E-state index < -0.39 is 37.5 Å². The zero-order valence-electron chi connectivity index (χ0n) is 17.5. The minimum absolute atomic E-state index is 0.0915. The van der Waals surface area contributed by atoms with Gasteiger partial charge in [-0.2, -0.15) is 10.2 Å². The van der Waals surface area contributed by atoms with Crippen molar-refractivity contribution in [2.45, 2.75) is 44.4 Å². The zero-order valence-corrected chi connectivity index (χ0v) is 18.2. The highest BCUT2D eigenvalue weighted by molar-refractivity contribution is 6.33. The SMILES string of the molecule is OC(COC(F)(F)F)N1CCCCC1N=Nc1ccc(-c2ccccc2OC(F)(F)F)c(Cl)c1. The predicted octanol–water partition coefficient (Wildman–Crippen LogP) is 6.66. The van der Waals surface area contributed by atoms with Gasteiger partial charge in [-0.1, -0.05) is 35.9 Å². The second kappa shape index (κ2) is 10.9. The van der Waals surface area contributed by atoms with Gasteiger partial charge < -0.3 is 9.84 Å². The molecular weight excluding hydrogens is 492 g/mol. The van der Waals surface area contributed by atoms with E-state index in [2.05, 4.69) is 19.7 Å². The number of benzene rings is 2. The Kier molecular flexibility index (Phi) is 8.39. The maximum atomic E-state index is 12.7. The molecule has 0 bridgehead atoms. The Bertz CT molecular complexity index is 1000. The van der Waals surface area contributed by atoms with Gasteiger partial charge in [0.05, 0.1) is 17.3 Å². The van der Waals surface area contributed by atoms with Crippen LogP contribution in [0.25, 0.3) is 11.1 Å². The molecule has 2 aromatic rings. The molecule has 1 fully saturated rings. The topological polar surface area (TPSA) is 66.7 Å². The number of piperidine rings is 1. The third-order valence-electron chi connectivity index (χ3n) is 4.95. The smallest absolute Gasteiger partial charge is 0.405 e. The lowest BCUT2D eigenvalue weighted by molar-refractivity contribution is -0.336. The van der Waals surface area contributed by atoms with E-state index in [1.54, 1.807) is 0 Å². The first-order valence-electron chi connectivity index (χ1n) is 10.1. The molecule has 6 nitrogen and oxygen atoms in total. The van der Waals surface area contributed by atoms with Gasteiger partial charge in [0.1, 0.15) is 18.1 Å². The Morgan fingerprint density at radius 1 is 1.03 bits per heavy atom. The standard InChI is InChI=1S/C21H20ClF6N3O3/c22-16-11-13(8-9-14(16)15-5-1-2-6-17(15)34-21(26,27)28)29-30-18-7-3-4-10-31(18)19(32)12-33-20(23,24)25/h1-2,5-6,8-9,11,18-19,32H,3-4,7,10,12H2. The fourth-order valence-electron chi connectivity index (χ4n) is 3.49. The normalized spacial score (nSPS) is 18.9. The lowest BCUT2D eigenvalue weighted by atomic mass is 10.0. The van der Waals surface area contributed by atoms with E-state index in [0.29, 0.717) is 19.4 Å². The lowest BCUT2D eigenvalue weighted by Gasteiger charge is -2.35. The van der Waals surface area contributed by atoms with Crippen LogP contribution in [0.5, 0.6) is 5.75 Å². The second-order valence-corrected chi connectivity index (χ2v) is 7.78. The van der Waals surface area contributed by atoms with Crippen molar-refractivity contribution in [3.8, 4) is 16.9 Å². The second-order valence-electron chi connectivity index (χ2n) is 7.38. The molecule has 1 saturated heterocycles. The van der Waals surface area contributed by atoms with Crippen LogP contribution in [0, 0.1) is 0 Å². The van der Waals surface area contributed by atoms with Gasteiger partial charge in [0.2, 0.25) is 0 Å². The van der Waals surface area contributed by atoms with Crippen molar-refractivity contribution >= 4 is 17.3 Å². The molecule has 1 aliphatic rings. The maximum Gasteiger partial charge on any atom is 0.573 e. The number of azo groups is 1. The molecule has 1 aliphatic heterocycles. The summed E-state index contributed by atoms with van der Waals surface area (Å²) in [6.07, 6.45) is -10.1. The highest BCUT2D eigenvalue weighted by Crippen LogP contribution is 2.38. The Hall–Kier alpha value is -2.41. The number of hydrogen-bond acceptors (Lipinski definition) is 6. The predicted molar refractivity (Wildman–Crippen MR) is 110 cm³/mol. The molecule has 2 unspecified atom stereocenters. The van der Waals surface area contributed by atoms with Gasteiger partial charge in [-0.25, -0.2) is 0 Å². The zero-order chi connectivity index (χ0) is 24.9. The summed E-state index contributed by atoms with van der Waals surface area (Å²) in [5.41, 5.74) is 0.675. The molecule has 0 aromatic heterocycles. The summed E-state index contributed by atoms with van der Waals surface area (Å²) < 4.78 is 82.7. The van der Waals surface area contributed by atoms with Gasteiger partial charge in [0, 0.05) is 17.7 Å². The number of alkyl halides is 6. The molecule has 0 spiro atoms. The summed E-state index contributed by atoms with van der Waals surface area (Å²) in [5.74, 6) is -0.417. The Labute approximate surface area is 195 Å². The van der Waals surface area contributed by atoms with Gasteiger partial charge in [0.25, 0.3) is 0 Å². The number of aliphatic hydroxyl groups is 1. The molecule has 0 saturated carbocycles. The minimum atomic E-state index is -4.88. The summed E-state index contributed by atoms with van der Waals surface area (Å²) in [6.45, 7) is -0.656. The molecular formula is C21H20ClF6N3O3. The quantitative estimate of drug-likeness (QED) is 0.333. The van der Waals surface area contributed by atoms with E-state index >= 15 is 0 Å². The third kappa shape index (κ3) is 7.55. The molecule has 2 atom stereocenters. The van der Waals surface area contributed by atoms with Crippen LogP contribution >= 0.6 is 11.6 Å². The Morgan fingerprint density at radius 3 is 2.44 bits per heavy atom. The number of rotatable bonds is 7. The molecule has 1 N–H and O–H groups in total. The molecule has 3 rings (SSSR count). The maximum absolute atomic E-state index is 12.7. The fourth-order valence-corrected chi connectivity index (χ4v) is 3.77. The van der Waals surface area contributed by atoms with E-state index in [9.17, 15) is 31.4 Å². The Morgan fingerprint density at radius 2 is 1.76 bits per heavy atom. The van der Waals surface area contributed by atoms with Crippen molar-refractivity contribution in [1.29, 1.82) is 0 Å². The Balaban J connectivity index is 1.75. The highest BCUT2D eigenvalue weighted by Gasteiger charge is 2.34. The first kappa shape index (κ1) is 26.2. The molecule has 0 aliphatic carbocycles.